The van der Waals surface area contributed by atoms with Gasteiger partial charge in [-0.05, 0) is 37.0 Å². The van der Waals surface area contributed by atoms with E-state index in [4.69, 9.17) is 5.11 Å². The van der Waals surface area contributed by atoms with Gasteiger partial charge < -0.3 is 10.4 Å². The molecule has 2 fully saturated rings. The number of hydrogen-bond donors (Lipinski definition) is 2. The van der Waals surface area contributed by atoms with Crippen LogP contribution >= 0.6 is 0 Å². The molecule has 0 atom stereocenters. The quantitative estimate of drug-likeness (QED) is 0.733. The molecular weight excluding hydrogens is 226 g/mol. The van der Waals surface area contributed by atoms with Gasteiger partial charge in [0, 0.05) is 19.6 Å². The first kappa shape index (κ1) is 13.9. The maximum atomic E-state index is 11.8. The average Bonchev–Trinajstić information content (AvgIpc) is 3.16. The number of amides is 1. The number of aliphatic hydroxyl groups is 1. The lowest BCUT2D eigenvalue weighted by atomic mass is 9.86. The Morgan fingerprint density at radius 1 is 1.22 bits per heavy atom. The van der Waals surface area contributed by atoms with Crippen LogP contribution in [-0.4, -0.2) is 24.2 Å². The maximum Gasteiger partial charge on any atom is 0.220 e. The van der Waals surface area contributed by atoms with Crippen LogP contribution in [0.4, 0.5) is 0 Å². The van der Waals surface area contributed by atoms with Gasteiger partial charge in [-0.2, -0.15) is 0 Å². The minimum atomic E-state index is 0.213. The van der Waals surface area contributed by atoms with E-state index in [-0.39, 0.29) is 17.9 Å². The van der Waals surface area contributed by atoms with E-state index in [2.05, 4.69) is 5.32 Å². The van der Waals surface area contributed by atoms with E-state index < -0.39 is 0 Å². The van der Waals surface area contributed by atoms with Crippen LogP contribution < -0.4 is 5.32 Å². The Balaban J connectivity index is 1.57. The second kappa shape index (κ2) is 6.55. The predicted molar refractivity (Wildman–Crippen MR) is 72.2 cm³/mol. The summed E-state index contributed by atoms with van der Waals surface area (Å²) in [4.78, 5) is 11.8. The second-order valence-corrected chi connectivity index (χ2v) is 6.29. The summed E-state index contributed by atoms with van der Waals surface area (Å²) >= 11 is 0. The highest BCUT2D eigenvalue weighted by Crippen LogP contribution is 2.47. The van der Waals surface area contributed by atoms with Gasteiger partial charge in [0.05, 0.1) is 0 Å². The van der Waals surface area contributed by atoms with Crippen LogP contribution in [0.1, 0.15) is 64.2 Å². The number of rotatable bonds is 7. The SMILES string of the molecule is O=C(CCC1CCCCC1)NCC1(CCO)CC1. The Hall–Kier alpha value is -0.570. The molecule has 0 aromatic rings. The van der Waals surface area contributed by atoms with Crippen molar-refractivity contribution in [3.05, 3.63) is 0 Å². The Morgan fingerprint density at radius 3 is 2.56 bits per heavy atom. The lowest BCUT2D eigenvalue weighted by molar-refractivity contribution is -0.121. The smallest absolute Gasteiger partial charge is 0.220 e. The van der Waals surface area contributed by atoms with Crippen molar-refractivity contribution in [2.45, 2.75) is 64.2 Å². The van der Waals surface area contributed by atoms with Crippen molar-refractivity contribution in [1.82, 2.24) is 5.32 Å². The first-order valence-corrected chi connectivity index (χ1v) is 7.62. The molecule has 0 bridgehead atoms. The van der Waals surface area contributed by atoms with Gasteiger partial charge in [-0.25, -0.2) is 0 Å². The molecule has 0 aromatic heterocycles. The monoisotopic (exact) mass is 253 g/mol. The third-order valence-electron chi connectivity index (χ3n) is 4.76. The van der Waals surface area contributed by atoms with Crippen molar-refractivity contribution >= 4 is 5.91 Å². The second-order valence-electron chi connectivity index (χ2n) is 6.29. The van der Waals surface area contributed by atoms with Crippen LogP contribution in [0.2, 0.25) is 0 Å². The molecule has 2 aliphatic carbocycles. The molecule has 0 radical (unpaired) electrons. The highest BCUT2D eigenvalue weighted by Gasteiger charge is 2.41. The van der Waals surface area contributed by atoms with E-state index in [1.54, 1.807) is 0 Å². The summed E-state index contributed by atoms with van der Waals surface area (Å²) in [5.74, 6) is 1.00. The Labute approximate surface area is 110 Å². The number of nitrogens with one attached hydrogen (secondary N) is 1. The number of hydrogen-bond acceptors (Lipinski definition) is 2. The van der Waals surface area contributed by atoms with Crippen LogP contribution in [0.15, 0.2) is 0 Å². The fraction of sp³-hybridized carbons (Fsp3) is 0.933. The molecule has 0 aromatic carbocycles. The summed E-state index contributed by atoms with van der Waals surface area (Å²) in [6, 6.07) is 0. The lowest BCUT2D eigenvalue weighted by Gasteiger charge is -2.21. The molecule has 0 saturated heterocycles. The normalized spacial score (nSPS) is 22.7. The van der Waals surface area contributed by atoms with Gasteiger partial charge in [0.25, 0.3) is 0 Å². The van der Waals surface area contributed by atoms with Crippen LogP contribution in [0.5, 0.6) is 0 Å². The summed E-state index contributed by atoms with van der Waals surface area (Å²) in [6.45, 7) is 1.02. The molecule has 2 rings (SSSR count). The molecule has 18 heavy (non-hydrogen) atoms. The number of aliphatic hydroxyl groups excluding tert-OH is 1. The summed E-state index contributed by atoms with van der Waals surface area (Å²) in [6.07, 6.45) is 11.7. The van der Waals surface area contributed by atoms with E-state index in [0.29, 0.717) is 6.42 Å². The van der Waals surface area contributed by atoms with E-state index in [1.807, 2.05) is 0 Å². The van der Waals surface area contributed by atoms with Gasteiger partial charge in [0.2, 0.25) is 5.91 Å². The van der Waals surface area contributed by atoms with Gasteiger partial charge >= 0.3 is 0 Å². The summed E-state index contributed by atoms with van der Waals surface area (Å²) in [7, 11) is 0. The Morgan fingerprint density at radius 2 is 1.94 bits per heavy atom. The largest absolute Gasteiger partial charge is 0.396 e. The summed E-state index contributed by atoms with van der Waals surface area (Å²) < 4.78 is 0. The maximum absolute atomic E-state index is 11.8. The zero-order chi connectivity index (χ0) is 12.8. The molecule has 0 unspecified atom stereocenters. The third kappa shape index (κ3) is 4.27. The van der Waals surface area contributed by atoms with Gasteiger partial charge in [0.1, 0.15) is 0 Å². The van der Waals surface area contributed by atoms with Crippen molar-refractivity contribution in [1.29, 1.82) is 0 Å². The van der Waals surface area contributed by atoms with Crippen LogP contribution in [-0.2, 0) is 4.79 Å². The highest BCUT2D eigenvalue weighted by molar-refractivity contribution is 5.75. The molecule has 3 heteroatoms. The van der Waals surface area contributed by atoms with Crippen molar-refractivity contribution in [3.8, 4) is 0 Å². The number of carbonyl (C=O) groups excluding carboxylic acids is 1. The molecule has 0 heterocycles. The highest BCUT2D eigenvalue weighted by atomic mass is 16.3. The predicted octanol–water partition coefficient (Wildman–Crippen LogP) is 2.63. The van der Waals surface area contributed by atoms with Gasteiger partial charge in [-0.1, -0.05) is 32.1 Å². The van der Waals surface area contributed by atoms with E-state index in [1.165, 1.54) is 32.1 Å². The fourth-order valence-electron chi connectivity index (χ4n) is 3.11. The third-order valence-corrected chi connectivity index (χ3v) is 4.76. The molecule has 0 aliphatic heterocycles. The molecule has 0 spiro atoms. The average molecular weight is 253 g/mol. The molecule has 2 saturated carbocycles. The molecule has 2 aliphatic rings. The molecular formula is C15H27NO2. The zero-order valence-corrected chi connectivity index (χ0v) is 11.4. The standard InChI is InChI=1S/C15H27NO2/c17-11-10-15(8-9-15)12-16-14(18)7-6-13-4-2-1-3-5-13/h13,17H,1-12H2,(H,16,18). The number of carbonyl (C=O) groups is 1. The summed E-state index contributed by atoms with van der Waals surface area (Å²) in [5.41, 5.74) is 0.245. The van der Waals surface area contributed by atoms with Crippen molar-refractivity contribution in [2.75, 3.05) is 13.2 Å². The van der Waals surface area contributed by atoms with Crippen molar-refractivity contribution < 1.29 is 9.90 Å². The molecule has 104 valence electrons. The van der Waals surface area contributed by atoms with Crippen LogP contribution in [0, 0.1) is 11.3 Å². The first-order chi connectivity index (χ1) is 8.74. The minimum absolute atomic E-state index is 0.213. The first-order valence-electron chi connectivity index (χ1n) is 7.62. The van der Waals surface area contributed by atoms with Gasteiger partial charge in [-0.3, -0.25) is 4.79 Å². The van der Waals surface area contributed by atoms with Gasteiger partial charge in [-0.15, -0.1) is 0 Å². The molecule has 1 amide bonds. The van der Waals surface area contributed by atoms with E-state index in [9.17, 15) is 4.79 Å². The lowest BCUT2D eigenvalue weighted by Crippen LogP contribution is -2.30. The Kier molecular flexibility index (Phi) is 5.04. The van der Waals surface area contributed by atoms with Crippen LogP contribution in [0.3, 0.4) is 0 Å². The van der Waals surface area contributed by atoms with Gasteiger partial charge in [0.15, 0.2) is 0 Å². The van der Waals surface area contributed by atoms with Crippen LogP contribution in [0.25, 0.3) is 0 Å². The molecule has 3 nitrogen and oxygen atoms in total. The van der Waals surface area contributed by atoms with Crippen molar-refractivity contribution in [3.63, 3.8) is 0 Å². The minimum Gasteiger partial charge on any atom is -0.396 e. The van der Waals surface area contributed by atoms with E-state index in [0.717, 1.165) is 38.1 Å². The fourth-order valence-corrected chi connectivity index (χ4v) is 3.11. The topological polar surface area (TPSA) is 49.3 Å². The summed E-state index contributed by atoms with van der Waals surface area (Å²) in [5, 5.41) is 12.0. The van der Waals surface area contributed by atoms with E-state index >= 15 is 0 Å². The zero-order valence-electron chi connectivity index (χ0n) is 11.4. The van der Waals surface area contributed by atoms with Crippen molar-refractivity contribution in [2.24, 2.45) is 11.3 Å². The Bertz CT molecular complexity index is 268. The molecule has 2 N–H and O–H groups in total.